The number of ether oxygens (including phenoxy) is 1. The number of rotatable bonds is 1. The van der Waals surface area contributed by atoms with E-state index >= 15 is 0 Å². The molecule has 0 radical (unpaired) electrons. The van der Waals surface area contributed by atoms with Gasteiger partial charge in [-0.2, -0.15) is 0 Å². The number of anilines is 1. The Hall–Kier alpha value is -1.89. The van der Waals surface area contributed by atoms with E-state index in [1.807, 2.05) is 20.8 Å². The van der Waals surface area contributed by atoms with Gasteiger partial charge in [0.05, 0.1) is 13.1 Å². The molecule has 1 aromatic heterocycles. The monoisotopic (exact) mass is 279 g/mol. The molecule has 1 aliphatic rings. The Bertz CT molecular complexity index is 446. The van der Waals surface area contributed by atoms with Crippen LogP contribution in [0.3, 0.4) is 0 Å². The van der Waals surface area contributed by atoms with Gasteiger partial charge in [-0.1, -0.05) is 0 Å². The highest BCUT2D eigenvalue weighted by Gasteiger charge is 2.29. The molecule has 1 aliphatic heterocycles. The zero-order valence-corrected chi connectivity index (χ0v) is 12.2. The normalized spacial score (nSPS) is 16.8. The Morgan fingerprint density at radius 1 is 1.25 bits per heavy atom. The van der Waals surface area contributed by atoms with E-state index in [4.69, 9.17) is 4.74 Å². The SMILES string of the molecule is CC(C)(C)OC(=O)N1CCNCCN1c1ncccn1. The van der Waals surface area contributed by atoms with Crippen molar-refractivity contribution in [2.75, 3.05) is 31.2 Å². The number of hydrazine groups is 1. The summed E-state index contributed by atoms with van der Waals surface area (Å²) in [4.78, 5) is 20.8. The van der Waals surface area contributed by atoms with Crippen molar-refractivity contribution in [3.05, 3.63) is 18.5 Å². The molecule has 0 saturated carbocycles. The van der Waals surface area contributed by atoms with E-state index in [-0.39, 0.29) is 6.09 Å². The van der Waals surface area contributed by atoms with Gasteiger partial charge in [0, 0.05) is 25.5 Å². The third-order valence-electron chi connectivity index (χ3n) is 2.68. The Balaban J connectivity index is 2.19. The van der Waals surface area contributed by atoms with Gasteiger partial charge >= 0.3 is 6.09 Å². The number of aromatic nitrogens is 2. The van der Waals surface area contributed by atoms with E-state index < -0.39 is 5.60 Å². The van der Waals surface area contributed by atoms with E-state index in [0.29, 0.717) is 25.6 Å². The smallest absolute Gasteiger partial charge is 0.429 e. The van der Waals surface area contributed by atoms with E-state index in [9.17, 15) is 4.79 Å². The molecule has 1 saturated heterocycles. The fourth-order valence-corrected chi connectivity index (χ4v) is 1.87. The van der Waals surface area contributed by atoms with Gasteiger partial charge in [-0.3, -0.25) is 0 Å². The van der Waals surface area contributed by atoms with E-state index in [1.54, 1.807) is 28.5 Å². The number of carbonyl (C=O) groups is 1. The van der Waals surface area contributed by atoms with Crippen LogP contribution in [0.1, 0.15) is 20.8 Å². The molecule has 1 aromatic rings. The van der Waals surface area contributed by atoms with Gasteiger partial charge in [-0.15, -0.1) is 0 Å². The zero-order valence-electron chi connectivity index (χ0n) is 12.2. The lowest BCUT2D eigenvalue weighted by molar-refractivity contribution is 0.0236. The summed E-state index contributed by atoms with van der Waals surface area (Å²) in [7, 11) is 0. The number of nitrogens with one attached hydrogen (secondary N) is 1. The number of carbonyl (C=O) groups excluding carboxylic acids is 1. The van der Waals surface area contributed by atoms with Crippen LogP contribution >= 0.6 is 0 Å². The highest BCUT2D eigenvalue weighted by atomic mass is 16.6. The van der Waals surface area contributed by atoms with Crippen molar-refractivity contribution < 1.29 is 9.53 Å². The molecule has 1 N–H and O–H groups in total. The summed E-state index contributed by atoms with van der Waals surface area (Å²) in [6, 6.07) is 1.75. The summed E-state index contributed by atoms with van der Waals surface area (Å²) < 4.78 is 5.45. The van der Waals surface area contributed by atoms with Crippen molar-refractivity contribution in [2.45, 2.75) is 26.4 Å². The minimum atomic E-state index is -0.528. The maximum absolute atomic E-state index is 12.3. The number of hydrogen-bond acceptors (Lipinski definition) is 6. The van der Waals surface area contributed by atoms with Gasteiger partial charge in [-0.05, 0) is 26.8 Å². The molecule has 0 bridgehead atoms. The summed E-state index contributed by atoms with van der Waals surface area (Å²) in [6.07, 6.45) is 2.94. The average molecular weight is 279 g/mol. The molecule has 20 heavy (non-hydrogen) atoms. The molecular weight excluding hydrogens is 258 g/mol. The molecule has 1 amide bonds. The third kappa shape index (κ3) is 3.80. The predicted molar refractivity (Wildman–Crippen MR) is 75.2 cm³/mol. The summed E-state index contributed by atoms with van der Waals surface area (Å²) >= 11 is 0. The number of amides is 1. The maximum atomic E-state index is 12.3. The van der Waals surface area contributed by atoms with Crippen LogP contribution in [0.15, 0.2) is 18.5 Å². The van der Waals surface area contributed by atoms with E-state index in [1.165, 1.54) is 0 Å². The molecule has 0 aromatic carbocycles. The Kier molecular flexibility index (Phi) is 4.39. The van der Waals surface area contributed by atoms with Gasteiger partial charge in [0.25, 0.3) is 0 Å². The highest BCUT2D eigenvalue weighted by Crippen LogP contribution is 2.15. The minimum Gasteiger partial charge on any atom is -0.442 e. The first-order valence-corrected chi connectivity index (χ1v) is 6.73. The first-order valence-electron chi connectivity index (χ1n) is 6.73. The van der Waals surface area contributed by atoms with Crippen LogP contribution in [-0.2, 0) is 4.74 Å². The molecule has 1 fully saturated rings. The van der Waals surface area contributed by atoms with Gasteiger partial charge < -0.3 is 10.1 Å². The van der Waals surface area contributed by atoms with E-state index in [0.717, 1.165) is 6.54 Å². The highest BCUT2D eigenvalue weighted by molar-refractivity contribution is 5.70. The molecule has 0 aliphatic carbocycles. The summed E-state index contributed by atoms with van der Waals surface area (Å²) in [5, 5.41) is 6.56. The van der Waals surface area contributed by atoms with Gasteiger partial charge in [0.15, 0.2) is 0 Å². The first kappa shape index (κ1) is 14.5. The van der Waals surface area contributed by atoms with Crippen LogP contribution in [0.2, 0.25) is 0 Å². The fraction of sp³-hybridized carbons (Fsp3) is 0.615. The molecule has 7 heteroatoms. The quantitative estimate of drug-likeness (QED) is 0.828. The Labute approximate surface area is 118 Å². The molecule has 7 nitrogen and oxygen atoms in total. The molecule has 110 valence electrons. The molecular formula is C13H21N5O2. The maximum Gasteiger partial charge on any atom is 0.429 e. The fourth-order valence-electron chi connectivity index (χ4n) is 1.87. The minimum absolute atomic E-state index is 0.381. The first-order chi connectivity index (χ1) is 9.47. The van der Waals surface area contributed by atoms with Crippen LogP contribution in [0.25, 0.3) is 0 Å². The topological polar surface area (TPSA) is 70.6 Å². The molecule has 0 spiro atoms. The lowest BCUT2D eigenvalue weighted by atomic mass is 10.2. The number of nitrogens with zero attached hydrogens (tertiary/aromatic N) is 4. The second kappa shape index (κ2) is 6.04. The van der Waals surface area contributed by atoms with Crippen molar-refractivity contribution >= 4 is 12.0 Å². The zero-order chi connectivity index (χ0) is 14.6. The Morgan fingerprint density at radius 3 is 2.55 bits per heavy atom. The summed E-state index contributed by atoms with van der Waals surface area (Å²) in [5.41, 5.74) is -0.528. The van der Waals surface area contributed by atoms with Crippen molar-refractivity contribution in [2.24, 2.45) is 0 Å². The van der Waals surface area contributed by atoms with Crippen molar-refractivity contribution in [1.82, 2.24) is 20.3 Å². The van der Waals surface area contributed by atoms with Gasteiger partial charge in [0.1, 0.15) is 5.60 Å². The lowest BCUT2D eigenvalue weighted by Crippen LogP contribution is -2.50. The second-order valence-corrected chi connectivity index (χ2v) is 5.53. The lowest BCUT2D eigenvalue weighted by Gasteiger charge is -2.34. The summed E-state index contributed by atoms with van der Waals surface area (Å²) in [5.74, 6) is 0.502. The standard InChI is InChI=1S/C13H21N5O2/c1-13(2,3)20-12(19)18-10-8-14-7-9-17(18)11-15-5-4-6-16-11/h4-6,14H,7-10H2,1-3H3. The molecule has 2 rings (SSSR count). The van der Waals surface area contributed by atoms with Crippen molar-refractivity contribution in [3.63, 3.8) is 0 Å². The van der Waals surface area contributed by atoms with Crippen LogP contribution < -0.4 is 10.3 Å². The van der Waals surface area contributed by atoms with Crippen LogP contribution in [0.5, 0.6) is 0 Å². The van der Waals surface area contributed by atoms with Gasteiger partial charge in [0.2, 0.25) is 5.95 Å². The molecule has 0 unspecified atom stereocenters. The van der Waals surface area contributed by atoms with Crippen molar-refractivity contribution in [1.29, 1.82) is 0 Å². The van der Waals surface area contributed by atoms with Gasteiger partial charge in [-0.25, -0.2) is 24.8 Å². The predicted octanol–water partition coefficient (Wildman–Crippen LogP) is 1.04. The molecule has 0 atom stereocenters. The van der Waals surface area contributed by atoms with Crippen molar-refractivity contribution in [3.8, 4) is 0 Å². The largest absolute Gasteiger partial charge is 0.442 e. The van der Waals surface area contributed by atoms with Crippen LogP contribution in [0, 0.1) is 0 Å². The average Bonchev–Trinajstić information content (AvgIpc) is 2.63. The second-order valence-electron chi connectivity index (χ2n) is 5.53. The van der Waals surface area contributed by atoms with E-state index in [2.05, 4.69) is 15.3 Å². The third-order valence-corrected chi connectivity index (χ3v) is 2.68. The number of hydrogen-bond donors (Lipinski definition) is 1. The van der Waals surface area contributed by atoms with Crippen LogP contribution in [-0.4, -0.2) is 52.9 Å². The summed E-state index contributed by atoms with van der Waals surface area (Å²) in [6.45, 7) is 8.16. The Morgan fingerprint density at radius 2 is 1.90 bits per heavy atom. The molecule has 2 heterocycles. The van der Waals surface area contributed by atoms with Crippen LogP contribution in [0.4, 0.5) is 10.7 Å².